The molecule has 1 aliphatic rings. The third-order valence-electron chi connectivity index (χ3n) is 3.10. The highest BCUT2D eigenvalue weighted by Crippen LogP contribution is 2.32. The molecule has 2 rings (SSSR count). The monoisotopic (exact) mass is 294 g/mol. The Morgan fingerprint density at radius 2 is 2.10 bits per heavy atom. The first kappa shape index (κ1) is 15.1. The lowest BCUT2D eigenvalue weighted by molar-refractivity contribution is -0.139. The van der Waals surface area contributed by atoms with Crippen LogP contribution >= 0.6 is 0 Å². The maximum absolute atomic E-state index is 11.7. The molecule has 1 aromatic carbocycles. The number of carboxylic acids is 1. The summed E-state index contributed by atoms with van der Waals surface area (Å²) in [5.74, 6) is -0.167. The van der Waals surface area contributed by atoms with Crippen LogP contribution in [-0.2, 0) is 16.0 Å². The second-order valence-electron chi connectivity index (χ2n) is 5.01. The minimum Gasteiger partial charge on any atom is -0.481 e. The summed E-state index contributed by atoms with van der Waals surface area (Å²) < 4.78 is 10.5. The third kappa shape index (κ3) is 4.09. The molecule has 7 nitrogen and oxygen atoms in total. The van der Waals surface area contributed by atoms with Crippen LogP contribution in [0.4, 0.5) is 0 Å². The van der Waals surface area contributed by atoms with E-state index in [1.807, 2.05) is 25.1 Å². The van der Waals surface area contributed by atoms with Crippen molar-refractivity contribution in [3.05, 3.63) is 23.8 Å². The minimum absolute atomic E-state index is 0.169. The van der Waals surface area contributed by atoms with E-state index in [0.717, 1.165) is 5.56 Å². The van der Waals surface area contributed by atoms with E-state index in [1.54, 1.807) is 0 Å². The highest BCUT2D eigenvalue weighted by molar-refractivity contribution is 5.86. The SMILES string of the molecule is C[C@H](Cc1ccc2c(c1)OCO2)NC(=O)[C@H](N)CC(=O)O. The van der Waals surface area contributed by atoms with Gasteiger partial charge in [0.05, 0.1) is 12.5 Å². The van der Waals surface area contributed by atoms with Gasteiger partial charge < -0.3 is 25.6 Å². The first-order valence-corrected chi connectivity index (χ1v) is 6.62. The lowest BCUT2D eigenvalue weighted by atomic mass is 10.1. The number of fused-ring (bicyclic) bond motifs is 1. The summed E-state index contributed by atoms with van der Waals surface area (Å²) in [6, 6.07) is 4.37. The van der Waals surface area contributed by atoms with E-state index in [1.165, 1.54) is 0 Å². The maximum Gasteiger partial charge on any atom is 0.305 e. The maximum atomic E-state index is 11.7. The summed E-state index contributed by atoms with van der Waals surface area (Å²) in [5.41, 5.74) is 6.49. The molecule has 1 aromatic rings. The molecule has 4 N–H and O–H groups in total. The van der Waals surface area contributed by atoms with Gasteiger partial charge in [0.1, 0.15) is 0 Å². The number of carboxylic acid groups (broad SMARTS) is 1. The zero-order valence-corrected chi connectivity index (χ0v) is 11.7. The number of hydrogen-bond acceptors (Lipinski definition) is 5. The number of rotatable bonds is 6. The highest BCUT2D eigenvalue weighted by Gasteiger charge is 2.19. The molecule has 0 fully saturated rings. The molecule has 0 saturated heterocycles. The predicted octanol–water partition coefficient (Wildman–Crippen LogP) is 0.265. The molecule has 0 saturated carbocycles. The number of aliphatic carboxylic acids is 1. The molecule has 0 radical (unpaired) electrons. The number of amides is 1. The van der Waals surface area contributed by atoms with Crippen molar-refractivity contribution in [2.24, 2.45) is 5.73 Å². The standard InChI is InChI=1S/C14H18N2O5/c1-8(16-14(19)10(15)6-13(17)18)4-9-2-3-11-12(5-9)21-7-20-11/h2-3,5,8,10H,4,6-7,15H2,1H3,(H,16,19)(H,17,18)/t8-,10-/m1/s1. The lowest BCUT2D eigenvalue weighted by Gasteiger charge is -2.17. The Kier molecular flexibility index (Phi) is 4.64. The van der Waals surface area contributed by atoms with Gasteiger partial charge in [0.15, 0.2) is 11.5 Å². The van der Waals surface area contributed by atoms with E-state index >= 15 is 0 Å². The van der Waals surface area contributed by atoms with Crippen LogP contribution in [0.3, 0.4) is 0 Å². The topological polar surface area (TPSA) is 111 Å². The van der Waals surface area contributed by atoms with Crippen LogP contribution in [0.2, 0.25) is 0 Å². The average Bonchev–Trinajstić information content (AvgIpc) is 2.84. The van der Waals surface area contributed by atoms with Gasteiger partial charge in [0, 0.05) is 6.04 Å². The van der Waals surface area contributed by atoms with Crippen molar-refractivity contribution in [1.29, 1.82) is 0 Å². The molecule has 1 heterocycles. The van der Waals surface area contributed by atoms with E-state index in [9.17, 15) is 9.59 Å². The molecule has 114 valence electrons. The van der Waals surface area contributed by atoms with Crippen LogP contribution in [0.15, 0.2) is 18.2 Å². The molecule has 0 aromatic heterocycles. The Labute approximate surface area is 122 Å². The number of nitrogens with one attached hydrogen (secondary N) is 1. The van der Waals surface area contributed by atoms with Crippen LogP contribution in [0, 0.1) is 0 Å². The number of nitrogens with two attached hydrogens (primary N) is 1. The number of benzene rings is 1. The Morgan fingerprint density at radius 3 is 2.81 bits per heavy atom. The fourth-order valence-electron chi connectivity index (χ4n) is 2.10. The quantitative estimate of drug-likeness (QED) is 0.694. The smallest absolute Gasteiger partial charge is 0.305 e. The summed E-state index contributed by atoms with van der Waals surface area (Å²) in [4.78, 5) is 22.2. The summed E-state index contributed by atoms with van der Waals surface area (Å²) in [5, 5.41) is 11.3. The van der Waals surface area contributed by atoms with E-state index in [4.69, 9.17) is 20.3 Å². The van der Waals surface area contributed by atoms with Gasteiger partial charge in [0.2, 0.25) is 12.7 Å². The van der Waals surface area contributed by atoms with Crippen LogP contribution in [0.5, 0.6) is 11.5 Å². The van der Waals surface area contributed by atoms with Crippen molar-refractivity contribution >= 4 is 11.9 Å². The van der Waals surface area contributed by atoms with Crippen LogP contribution < -0.4 is 20.5 Å². The summed E-state index contributed by atoms with van der Waals surface area (Å²) in [6.45, 7) is 2.05. The van der Waals surface area contributed by atoms with E-state index in [2.05, 4.69) is 5.32 Å². The van der Waals surface area contributed by atoms with Crippen molar-refractivity contribution in [2.45, 2.75) is 31.8 Å². The van der Waals surface area contributed by atoms with Crippen LogP contribution in [-0.4, -0.2) is 35.9 Å². The average molecular weight is 294 g/mol. The van der Waals surface area contributed by atoms with E-state index in [-0.39, 0.29) is 19.3 Å². The molecule has 1 aliphatic heterocycles. The van der Waals surface area contributed by atoms with Crippen molar-refractivity contribution in [1.82, 2.24) is 5.32 Å². The van der Waals surface area contributed by atoms with Crippen molar-refractivity contribution in [3.8, 4) is 11.5 Å². The largest absolute Gasteiger partial charge is 0.481 e. The zero-order chi connectivity index (χ0) is 15.4. The van der Waals surface area contributed by atoms with Gasteiger partial charge in [-0.1, -0.05) is 6.07 Å². The first-order valence-electron chi connectivity index (χ1n) is 6.62. The molecular weight excluding hydrogens is 276 g/mol. The summed E-state index contributed by atoms with van der Waals surface area (Å²) >= 11 is 0. The minimum atomic E-state index is -1.10. The molecule has 0 bridgehead atoms. The summed E-state index contributed by atoms with van der Waals surface area (Å²) in [6.07, 6.45) is 0.199. The predicted molar refractivity (Wildman–Crippen MR) is 74.1 cm³/mol. The molecule has 2 atom stereocenters. The number of ether oxygens (including phenoxy) is 2. The molecular formula is C14H18N2O5. The van der Waals surface area contributed by atoms with Crippen LogP contribution in [0.1, 0.15) is 18.9 Å². The number of hydrogen-bond donors (Lipinski definition) is 3. The van der Waals surface area contributed by atoms with E-state index in [0.29, 0.717) is 17.9 Å². The van der Waals surface area contributed by atoms with Gasteiger partial charge in [-0.05, 0) is 31.0 Å². The van der Waals surface area contributed by atoms with Crippen molar-refractivity contribution < 1.29 is 24.2 Å². The summed E-state index contributed by atoms with van der Waals surface area (Å²) in [7, 11) is 0. The van der Waals surface area contributed by atoms with Gasteiger partial charge in [-0.2, -0.15) is 0 Å². The van der Waals surface area contributed by atoms with E-state index < -0.39 is 17.9 Å². The Balaban J connectivity index is 1.88. The fourth-order valence-corrected chi connectivity index (χ4v) is 2.10. The second-order valence-corrected chi connectivity index (χ2v) is 5.01. The van der Waals surface area contributed by atoms with Gasteiger partial charge >= 0.3 is 5.97 Å². The molecule has 0 spiro atoms. The molecule has 21 heavy (non-hydrogen) atoms. The third-order valence-corrected chi connectivity index (χ3v) is 3.10. The number of carbonyl (C=O) groups excluding carboxylic acids is 1. The molecule has 0 aliphatic carbocycles. The normalized spacial score (nSPS) is 15.3. The molecule has 1 amide bonds. The Morgan fingerprint density at radius 1 is 1.38 bits per heavy atom. The Bertz CT molecular complexity index is 546. The van der Waals surface area contributed by atoms with Gasteiger partial charge in [-0.25, -0.2) is 0 Å². The second kappa shape index (κ2) is 6.45. The van der Waals surface area contributed by atoms with Crippen molar-refractivity contribution in [3.63, 3.8) is 0 Å². The lowest BCUT2D eigenvalue weighted by Crippen LogP contribution is -2.46. The molecule has 0 unspecified atom stereocenters. The van der Waals surface area contributed by atoms with Gasteiger partial charge in [0.25, 0.3) is 0 Å². The number of carbonyl (C=O) groups is 2. The van der Waals surface area contributed by atoms with Gasteiger partial charge in [-0.3, -0.25) is 9.59 Å². The molecule has 7 heteroatoms. The fraction of sp³-hybridized carbons (Fsp3) is 0.429. The highest BCUT2D eigenvalue weighted by atomic mass is 16.7. The Hall–Kier alpha value is -2.28. The van der Waals surface area contributed by atoms with Gasteiger partial charge in [-0.15, -0.1) is 0 Å². The first-order chi connectivity index (χ1) is 9.95. The zero-order valence-electron chi connectivity index (χ0n) is 11.7. The van der Waals surface area contributed by atoms with Crippen molar-refractivity contribution in [2.75, 3.05) is 6.79 Å². The van der Waals surface area contributed by atoms with Crippen LogP contribution in [0.25, 0.3) is 0 Å².